The number of ketones is 2. The van der Waals surface area contributed by atoms with Gasteiger partial charge in [0.15, 0.2) is 11.6 Å². The summed E-state index contributed by atoms with van der Waals surface area (Å²) < 4.78 is 3.51. The van der Waals surface area contributed by atoms with E-state index in [4.69, 9.17) is 0 Å². The SMILES string of the molecule is Cc1c(C)c(C(=O)Cn2ccnc2)c(C)c(C)c1C(=O)Cn1ccnc1.Cl.Cl. The lowest BCUT2D eigenvalue weighted by Crippen LogP contribution is -2.18. The minimum Gasteiger partial charge on any atom is -0.330 e. The van der Waals surface area contributed by atoms with Crippen molar-refractivity contribution in [3.8, 4) is 0 Å². The molecule has 0 N–H and O–H groups in total. The van der Waals surface area contributed by atoms with Gasteiger partial charge in [-0.05, 0) is 49.9 Å². The molecule has 0 radical (unpaired) electrons. The number of hydrogen-bond acceptors (Lipinski definition) is 4. The number of hydrogen-bond donors (Lipinski definition) is 0. The summed E-state index contributed by atoms with van der Waals surface area (Å²) in [4.78, 5) is 33.7. The largest absolute Gasteiger partial charge is 0.330 e. The van der Waals surface area contributed by atoms with Gasteiger partial charge in [-0.1, -0.05) is 0 Å². The smallest absolute Gasteiger partial charge is 0.183 e. The first-order chi connectivity index (χ1) is 12.4. The molecule has 0 fully saturated rings. The Hall–Kier alpha value is -2.44. The predicted molar refractivity (Wildman–Crippen MR) is 113 cm³/mol. The molecule has 0 amide bonds. The van der Waals surface area contributed by atoms with Gasteiger partial charge in [0.2, 0.25) is 0 Å². The second-order valence-electron chi connectivity index (χ2n) is 6.57. The average molecular weight is 423 g/mol. The molecular formula is C20H24Cl2N4O2. The number of benzene rings is 1. The van der Waals surface area contributed by atoms with Crippen LogP contribution in [0.5, 0.6) is 0 Å². The monoisotopic (exact) mass is 422 g/mol. The Balaban J connectivity index is 0.00000196. The molecule has 0 atom stereocenters. The maximum Gasteiger partial charge on any atom is 0.183 e. The lowest BCUT2D eigenvalue weighted by atomic mass is 9.85. The van der Waals surface area contributed by atoms with E-state index in [1.165, 1.54) is 0 Å². The molecule has 6 nitrogen and oxygen atoms in total. The molecule has 0 aliphatic rings. The number of nitrogens with zero attached hydrogens (tertiary/aromatic N) is 4. The number of imidazole rings is 2. The Labute approximate surface area is 176 Å². The van der Waals surface area contributed by atoms with Crippen LogP contribution in [0.2, 0.25) is 0 Å². The van der Waals surface area contributed by atoms with E-state index in [2.05, 4.69) is 9.97 Å². The van der Waals surface area contributed by atoms with Gasteiger partial charge < -0.3 is 9.13 Å². The minimum absolute atomic E-state index is 0. The Morgan fingerprint density at radius 3 is 1.29 bits per heavy atom. The van der Waals surface area contributed by atoms with Crippen molar-refractivity contribution in [2.45, 2.75) is 40.8 Å². The molecule has 0 unspecified atom stereocenters. The molecule has 1 aromatic carbocycles. The van der Waals surface area contributed by atoms with Gasteiger partial charge in [-0.15, -0.1) is 24.8 Å². The number of carbonyl (C=O) groups excluding carboxylic acids is 2. The van der Waals surface area contributed by atoms with Crippen LogP contribution in [0.4, 0.5) is 0 Å². The summed E-state index contributed by atoms with van der Waals surface area (Å²) >= 11 is 0. The minimum atomic E-state index is 0. The van der Waals surface area contributed by atoms with Crippen molar-refractivity contribution in [1.82, 2.24) is 19.1 Å². The van der Waals surface area contributed by atoms with E-state index in [-0.39, 0.29) is 49.5 Å². The fraction of sp³-hybridized carbons (Fsp3) is 0.300. The van der Waals surface area contributed by atoms with Crippen molar-refractivity contribution in [3.05, 3.63) is 70.8 Å². The van der Waals surface area contributed by atoms with Crippen LogP contribution in [0.3, 0.4) is 0 Å². The first-order valence-electron chi connectivity index (χ1n) is 8.48. The lowest BCUT2D eigenvalue weighted by molar-refractivity contribution is 0.0958. The molecule has 3 rings (SSSR count). The van der Waals surface area contributed by atoms with Crippen molar-refractivity contribution < 1.29 is 9.59 Å². The normalized spacial score (nSPS) is 10.1. The Morgan fingerprint density at radius 2 is 1.04 bits per heavy atom. The molecule has 0 spiro atoms. The molecular weight excluding hydrogens is 399 g/mol. The molecule has 0 saturated heterocycles. The number of halogens is 2. The Bertz CT molecular complexity index is 857. The highest BCUT2D eigenvalue weighted by molar-refractivity contribution is 6.04. The van der Waals surface area contributed by atoms with Crippen LogP contribution in [0, 0.1) is 27.7 Å². The van der Waals surface area contributed by atoms with Gasteiger partial charge in [0, 0.05) is 35.9 Å². The zero-order valence-corrected chi connectivity index (χ0v) is 17.9. The van der Waals surface area contributed by atoms with Gasteiger partial charge in [0.1, 0.15) is 0 Å². The first-order valence-corrected chi connectivity index (χ1v) is 8.48. The molecule has 150 valence electrons. The van der Waals surface area contributed by atoms with E-state index in [1.807, 2.05) is 27.7 Å². The van der Waals surface area contributed by atoms with Crippen molar-refractivity contribution in [3.63, 3.8) is 0 Å². The maximum absolute atomic E-state index is 12.8. The van der Waals surface area contributed by atoms with Crippen LogP contribution in [0.25, 0.3) is 0 Å². The van der Waals surface area contributed by atoms with Crippen molar-refractivity contribution in [2.75, 3.05) is 0 Å². The Morgan fingerprint density at radius 1 is 0.714 bits per heavy atom. The summed E-state index contributed by atoms with van der Waals surface area (Å²) in [7, 11) is 0. The third kappa shape index (κ3) is 4.51. The summed E-state index contributed by atoms with van der Waals surface area (Å²) in [6.45, 7) is 8.13. The van der Waals surface area contributed by atoms with Gasteiger partial charge >= 0.3 is 0 Å². The molecule has 2 heterocycles. The van der Waals surface area contributed by atoms with Crippen molar-refractivity contribution in [2.24, 2.45) is 0 Å². The molecule has 2 aromatic heterocycles. The Kier molecular flexibility index (Phi) is 8.14. The van der Waals surface area contributed by atoms with Crippen molar-refractivity contribution in [1.29, 1.82) is 0 Å². The summed E-state index contributed by atoms with van der Waals surface area (Å²) in [6, 6.07) is 0. The topological polar surface area (TPSA) is 69.8 Å². The average Bonchev–Trinajstić information content (AvgIpc) is 3.27. The summed E-state index contributed by atoms with van der Waals surface area (Å²) in [5.74, 6) is 0.0515. The quantitative estimate of drug-likeness (QED) is 0.564. The fourth-order valence-electron chi connectivity index (χ4n) is 3.40. The van der Waals surface area contributed by atoms with Crippen LogP contribution < -0.4 is 0 Å². The van der Waals surface area contributed by atoms with Crippen LogP contribution in [0.1, 0.15) is 43.0 Å². The maximum atomic E-state index is 12.8. The number of Topliss-reactive ketones (excluding diaryl/α,β-unsaturated/α-hetero) is 2. The third-order valence-corrected chi connectivity index (χ3v) is 4.95. The van der Waals surface area contributed by atoms with E-state index in [9.17, 15) is 9.59 Å². The van der Waals surface area contributed by atoms with Crippen LogP contribution in [0.15, 0.2) is 37.4 Å². The van der Waals surface area contributed by atoms with Gasteiger partial charge in [-0.3, -0.25) is 9.59 Å². The van der Waals surface area contributed by atoms with Crippen LogP contribution in [-0.4, -0.2) is 30.7 Å². The van der Waals surface area contributed by atoms with E-state index >= 15 is 0 Å². The van der Waals surface area contributed by atoms with E-state index in [0.29, 0.717) is 11.1 Å². The van der Waals surface area contributed by atoms with Crippen LogP contribution in [-0.2, 0) is 13.1 Å². The molecule has 0 aliphatic heterocycles. The zero-order valence-electron chi connectivity index (χ0n) is 16.3. The first kappa shape index (κ1) is 23.6. The number of aromatic nitrogens is 4. The fourth-order valence-corrected chi connectivity index (χ4v) is 3.40. The predicted octanol–water partition coefficient (Wildman–Crippen LogP) is 3.92. The lowest BCUT2D eigenvalue weighted by Gasteiger charge is -2.19. The molecule has 0 aliphatic carbocycles. The highest BCUT2D eigenvalue weighted by atomic mass is 35.5. The van der Waals surface area contributed by atoms with Gasteiger partial charge in [-0.2, -0.15) is 0 Å². The third-order valence-electron chi connectivity index (χ3n) is 4.95. The second kappa shape index (κ2) is 9.66. The van der Waals surface area contributed by atoms with Gasteiger partial charge in [-0.25, -0.2) is 9.97 Å². The zero-order chi connectivity index (χ0) is 18.8. The highest BCUT2D eigenvalue weighted by Crippen LogP contribution is 2.28. The van der Waals surface area contributed by atoms with E-state index in [0.717, 1.165) is 22.3 Å². The van der Waals surface area contributed by atoms with E-state index < -0.39 is 0 Å². The molecule has 3 aromatic rings. The summed E-state index contributed by atoms with van der Waals surface area (Å²) in [5.41, 5.74) is 4.87. The standard InChI is InChI=1S/C20H22N4O2.2ClH/c1-13-14(2)20(18(26)10-24-8-6-22-12-24)16(4)15(3)19(13)17(25)9-23-7-5-21-11-23;;/h5-8,11-12H,9-10H2,1-4H3;2*1H. The van der Waals surface area contributed by atoms with Crippen molar-refractivity contribution >= 4 is 36.4 Å². The molecule has 8 heteroatoms. The molecule has 28 heavy (non-hydrogen) atoms. The van der Waals surface area contributed by atoms with Gasteiger partial charge in [0.05, 0.1) is 25.7 Å². The van der Waals surface area contributed by atoms with Gasteiger partial charge in [0.25, 0.3) is 0 Å². The molecule has 0 bridgehead atoms. The summed E-state index contributed by atoms with van der Waals surface area (Å²) in [5, 5.41) is 0. The second-order valence-corrected chi connectivity index (χ2v) is 6.57. The number of rotatable bonds is 6. The highest BCUT2D eigenvalue weighted by Gasteiger charge is 2.23. The molecule has 0 saturated carbocycles. The van der Waals surface area contributed by atoms with Crippen LogP contribution >= 0.6 is 24.8 Å². The number of carbonyl (C=O) groups is 2. The summed E-state index contributed by atoms with van der Waals surface area (Å²) in [6.07, 6.45) is 10.1. The van der Waals surface area contributed by atoms with E-state index in [1.54, 1.807) is 46.6 Å².